The van der Waals surface area contributed by atoms with Crippen LogP contribution in [-0.2, 0) is 11.2 Å². The summed E-state index contributed by atoms with van der Waals surface area (Å²) in [5.74, 6) is -1.000. The second-order valence-electron chi connectivity index (χ2n) is 7.70. The number of nitrogens with one attached hydrogen (secondary N) is 1. The molecule has 1 amide bonds. The number of carbonyl (C=O) groups is 1. The van der Waals surface area contributed by atoms with Gasteiger partial charge in [0.15, 0.2) is 0 Å². The number of nitrogens with zero attached hydrogens (tertiary/aromatic N) is 1. The van der Waals surface area contributed by atoms with Gasteiger partial charge in [0, 0.05) is 12.6 Å². The standard InChI is InChI=1S/C17H21BF3N2O5/c19-17(20,21)11-5-14(22-7-11)16(24)23-8-13(9-23)27-12-2-1-10-3-4-18(25,26)28-15(10)6-12/h1-2,6,11,13-14,22,25-26H,3-5,7-9H2/q-1/t11-,14-/m1/s1. The lowest BCUT2D eigenvalue weighted by Crippen LogP contribution is -2.59. The van der Waals surface area contributed by atoms with Gasteiger partial charge < -0.3 is 29.7 Å². The van der Waals surface area contributed by atoms with Crippen LogP contribution in [0.1, 0.15) is 12.0 Å². The fourth-order valence-corrected chi connectivity index (χ4v) is 3.81. The van der Waals surface area contributed by atoms with Gasteiger partial charge >= 0.3 is 12.9 Å². The summed E-state index contributed by atoms with van der Waals surface area (Å²) in [7, 11) is 0. The van der Waals surface area contributed by atoms with Gasteiger partial charge in [-0.3, -0.25) is 4.79 Å². The Kier molecular flexibility index (Phi) is 4.71. The summed E-state index contributed by atoms with van der Waals surface area (Å²) < 4.78 is 49.2. The number of rotatable bonds is 3. The van der Waals surface area contributed by atoms with Crippen LogP contribution in [0.15, 0.2) is 18.2 Å². The van der Waals surface area contributed by atoms with E-state index in [0.717, 1.165) is 5.56 Å². The van der Waals surface area contributed by atoms with E-state index in [1.54, 1.807) is 18.2 Å². The van der Waals surface area contributed by atoms with E-state index in [4.69, 9.17) is 9.39 Å². The number of hydrogen-bond donors (Lipinski definition) is 3. The van der Waals surface area contributed by atoms with Crippen LogP contribution >= 0.6 is 0 Å². The second-order valence-corrected chi connectivity index (χ2v) is 7.70. The van der Waals surface area contributed by atoms with E-state index in [0.29, 0.717) is 31.0 Å². The number of benzene rings is 1. The lowest BCUT2D eigenvalue weighted by atomic mass is 9.70. The van der Waals surface area contributed by atoms with E-state index in [9.17, 15) is 28.0 Å². The molecule has 0 unspecified atom stereocenters. The third-order valence-corrected chi connectivity index (χ3v) is 5.50. The number of hydrogen-bond acceptors (Lipinski definition) is 6. The molecule has 0 spiro atoms. The van der Waals surface area contributed by atoms with Crippen LogP contribution < -0.4 is 14.7 Å². The summed E-state index contributed by atoms with van der Waals surface area (Å²) in [6, 6.07) is 4.30. The predicted molar refractivity (Wildman–Crippen MR) is 92.7 cm³/mol. The highest BCUT2D eigenvalue weighted by Gasteiger charge is 2.47. The van der Waals surface area contributed by atoms with Gasteiger partial charge in [0.25, 0.3) is 0 Å². The zero-order valence-corrected chi connectivity index (χ0v) is 15.0. The molecule has 11 heteroatoms. The van der Waals surface area contributed by atoms with Crippen molar-refractivity contribution in [3.8, 4) is 11.5 Å². The van der Waals surface area contributed by atoms with E-state index < -0.39 is 24.9 Å². The molecular formula is C17H21BF3N2O5-. The van der Waals surface area contributed by atoms with E-state index in [1.807, 2.05) is 0 Å². The first-order valence-corrected chi connectivity index (χ1v) is 9.28. The van der Waals surface area contributed by atoms with Crippen LogP contribution in [0.2, 0.25) is 6.32 Å². The number of halogens is 3. The van der Waals surface area contributed by atoms with Gasteiger partial charge in [-0.15, -0.1) is 0 Å². The molecule has 3 heterocycles. The first kappa shape index (κ1) is 19.3. The van der Waals surface area contributed by atoms with Crippen LogP contribution in [-0.4, -0.2) is 65.6 Å². The van der Waals surface area contributed by atoms with E-state index >= 15 is 0 Å². The quantitative estimate of drug-likeness (QED) is 0.646. The molecule has 2 atom stereocenters. The molecule has 3 aliphatic heterocycles. The molecule has 3 N–H and O–H groups in total. The molecule has 28 heavy (non-hydrogen) atoms. The minimum absolute atomic E-state index is 0.136. The summed E-state index contributed by atoms with van der Waals surface area (Å²) in [6.45, 7) is -2.51. The highest BCUT2D eigenvalue weighted by Crippen LogP contribution is 2.35. The van der Waals surface area contributed by atoms with Gasteiger partial charge in [-0.05, 0) is 24.5 Å². The van der Waals surface area contributed by atoms with Crippen LogP contribution in [0.4, 0.5) is 13.2 Å². The first-order valence-electron chi connectivity index (χ1n) is 9.28. The zero-order valence-electron chi connectivity index (χ0n) is 15.0. The highest BCUT2D eigenvalue weighted by atomic mass is 19.4. The lowest BCUT2D eigenvalue weighted by molar-refractivity contribution is -0.169. The van der Waals surface area contributed by atoms with Crippen molar-refractivity contribution >= 4 is 12.7 Å². The first-order chi connectivity index (χ1) is 13.1. The Morgan fingerprint density at radius 3 is 2.75 bits per heavy atom. The molecule has 0 radical (unpaired) electrons. The molecule has 2 fully saturated rings. The number of fused-ring (bicyclic) bond motifs is 1. The fourth-order valence-electron chi connectivity index (χ4n) is 3.81. The lowest BCUT2D eigenvalue weighted by Gasteiger charge is -2.40. The van der Waals surface area contributed by atoms with Crippen molar-refractivity contribution < 1.29 is 37.4 Å². The van der Waals surface area contributed by atoms with Crippen molar-refractivity contribution in [2.45, 2.75) is 37.5 Å². The van der Waals surface area contributed by atoms with Gasteiger partial charge in [-0.25, -0.2) is 0 Å². The number of ether oxygens (including phenoxy) is 1. The maximum Gasteiger partial charge on any atom is 0.430 e. The number of carbonyl (C=O) groups excluding carboxylic acids is 1. The summed E-state index contributed by atoms with van der Waals surface area (Å²) in [5.41, 5.74) is 0.852. The Morgan fingerprint density at radius 1 is 1.32 bits per heavy atom. The molecule has 154 valence electrons. The van der Waals surface area contributed by atoms with Crippen molar-refractivity contribution in [1.29, 1.82) is 0 Å². The predicted octanol–water partition coefficient (Wildman–Crippen LogP) is 0.675. The van der Waals surface area contributed by atoms with Crippen molar-refractivity contribution in [2.24, 2.45) is 5.92 Å². The van der Waals surface area contributed by atoms with Crippen LogP contribution in [0, 0.1) is 5.92 Å². The fraction of sp³-hybridized carbons (Fsp3) is 0.588. The highest BCUT2D eigenvalue weighted by molar-refractivity contribution is 6.58. The molecule has 0 bridgehead atoms. The Bertz CT molecular complexity index is 770. The van der Waals surface area contributed by atoms with Crippen molar-refractivity contribution in [3.05, 3.63) is 23.8 Å². The summed E-state index contributed by atoms with van der Waals surface area (Å²) in [6.07, 6.45) is -4.18. The van der Waals surface area contributed by atoms with Gasteiger partial charge in [0.05, 0.1) is 30.8 Å². The van der Waals surface area contributed by atoms with Gasteiger partial charge in [-0.1, -0.05) is 12.4 Å². The maximum absolute atomic E-state index is 12.7. The molecule has 0 aromatic heterocycles. The molecule has 7 nitrogen and oxygen atoms in total. The number of amides is 1. The molecule has 1 aromatic carbocycles. The Hall–Kier alpha value is -1.98. The molecule has 4 rings (SSSR count). The van der Waals surface area contributed by atoms with Crippen molar-refractivity contribution in [2.75, 3.05) is 19.6 Å². The molecule has 1 aromatic rings. The average molecular weight is 401 g/mol. The Balaban J connectivity index is 1.29. The topological polar surface area (TPSA) is 91.3 Å². The summed E-state index contributed by atoms with van der Waals surface area (Å²) >= 11 is 0. The zero-order chi connectivity index (χ0) is 20.1. The van der Waals surface area contributed by atoms with Gasteiger partial charge in [0.2, 0.25) is 5.91 Å². The van der Waals surface area contributed by atoms with E-state index in [2.05, 4.69) is 5.32 Å². The third kappa shape index (κ3) is 3.92. The second kappa shape index (κ2) is 6.82. The summed E-state index contributed by atoms with van der Waals surface area (Å²) in [5, 5.41) is 22.0. The van der Waals surface area contributed by atoms with E-state index in [1.165, 1.54) is 4.90 Å². The largest absolute Gasteiger partial charge is 0.670 e. The van der Waals surface area contributed by atoms with Gasteiger partial charge in [0.1, 0.15) is 11.9 Å². The molecule has 0 saturated carbocycles. The third-order valence-electron chi connectivity index (χ3n) is 5.50. The normalized spacial score (nSPS) is 27.0. The molecule has 0 aliphatic carbocycles. The number of likely N-dealkylation sites (tertiary alicyclic amines) is 1. The summed E-state index contributed by atoms with van der Waals surface area (Å²) in [4.78, 5) is 13.8. The maximum atomic E-state index is 12.7. The molecule has 3 aliphatic rings. The SMILES string of the molecule is O=C([C@H]1C[C@@H](C(F)(F)F)CN1)N1CC(Oc2ccc3c(c2)O[B-](O)(O)CC3)C1. The molecule has 2 saturated heterocycles. The monoisotopic (exact) mass is 401 g/mol. The van der Waals surface area contributed by atoms with Crippen LogP contribution in [0.3, 0.4) is 0 Å². The minimum Gasteiger partial charge on any atom is -0.670 e. The smallest absolute Gasteiger partial charge is 0.430 e. The van der Waals surface area contributed by atoms with Gasteiger partial charge in [-0.2, -0.15) is 13.2 Å². The van der Waals surface area contributed by atoms with Crippen LogP contribution in [0.25, 0.3) is 0 Å². The van der Waals surface area contributed by atoms with E-state index in [-0.39, 0.29) is 31.3 Å². The van der Waals surface area contributed by atoms with Crippen LogP contribution in [0.5, 0.6) is 11.5 Å². The average Bonchev–Trinajstić information content (AvgIpc) is 3.06. The van der Waals surface area contributed by atoms with Crippen molar-refractivity contribution in [3.63, 3.8) is 0 Å². The molecular weight excluding hydrogens is 380 g/mol. The Labute approximate surface area is 159 Å². The minimum atomic E-state index is -4.29. The Morgan fingerprint density at radius 2 is 2.07 bits per heavy atom. The number of aryl methyl sites for hydroxylation is 1. The number of alkyl halides is 3. The van der Waals surface area contributed by atoms with Crippen molar-refractivity contribution in [1.82, 2.24) is 10.2 Å².